The van der Waals surface area contributed by atoms with Crippen molar-refractivity contribution in [1.29, 1.82) is 0 Å². The van der Waals surface area contributed by atoms with Crippen LogP contribution in [0.1, 0.15) is 20.7 Å². The van der Waals surface area contributed by atoms with E-state index < -0.39 is 5.91 Å². The van der Waals surface area contributed by atoms with Crippen molar-refractivity contribution in [3.8, 4) is 11.5 Å². The zero-order valence-corrected chi connectivity index (χ0v) is 12.3. The van der Waals surface area contributed by atoms with Crippen molar-refractivity contribution in [1.82, 2.24) is 0 Å². The normalized spacial score (nSPS) is 9.91. The van der Waals surface area contributed by atoms with E-state index in [0.29, 0.717) is 28.3 Å². The summed E-state index contributed by atoms with van der Waals surface area (Å²) in [5, 5.41) is 2.72. The van der Waals surface area contributed by atoms with Gasteiger partial charge in [0.25, 0.3) is 5.91 Å². The summed E-state index contributed by atoms with van der Waals surface area (Å²) in [6, 6.07) is 11.3. The van der Waals surface area contributed by atoms with E-state index in [-0.39, 0.29) is 5.91 Å². The Morgan fingerprint density at radius 3 is 2.23 bits per heavy atom. The topological polar surface area (TPSA) is 90.6 Å². The lowest BCUT2D eigenvalue weighted by molar-refractivity contribution is 0.0998. The molecule has 0 aromatic heterocycles. The Labute approximate surface area is 127 Å². The summed E-state index contributed by atoms with van der Waals surface area (Å²) in [6.07, 6.45) is 0. The minimum Gasteiger partial charge on any atom is -0.493 e. The molecule has 2 aromatic rings. The van der Waals surface area contributed by atoms with Crippen LogP contribution >= 0.6 is 0 Å². The Hall–Kier alpha value is -3.02. The van der Waals surface area contributed by atoms with Crippen LogP contribution in [0, 0.1) is 0 Å². The average molecular weight is 300 g/mol. The molecule has 114 valence electrons. The molecule has 0 saturated carbocycles. The number of carbonyl (C=O) groups excluding carboxylic acids is 2. The van der Waals surface area contributed by atoms with Gasteiger partial charge in [0.05, 0.1) is 19.8 Å². The van der Waals surface area contributed by atoms with E-state index in [9.17, 15) is 9.59 Å². The highest BCUT2D eigenvalue weighted by Crippen LogP contribution is 2.31. The minimum atomic E-state index is -0.521. The Kier molecular flexibility index (Phi) is 4.63. The molecule has 2 aromatic carbocycles. The van der Waals surface area contributed by atoms with Crippen molar-refractivity contribution in [3.05, 3.63) is 53.6 Å². The number of carbonyl (C=O) groups is 2. The molecule has 0 atom stereocenters. The van der Waals surface area contributed by atoms with E-state index in [4.69, 9.17) is 15.2 Å². The minimum absolute atomic E-state index is 0.345. The number of hydrogen-bond donors (Lipinski definition) is 2. The molecule has 0 spiro atoms. The van der Waals surface area contributed by atoms with E-state index in [1.54, 1.807) is 42.5 Å². The first-order valence-corrected chi connectivity index (χ1v) is 6.49. The second-order valence-corrected chi connectivity index (χ2v) is 4.44. The van der Waals surface area contributed by atoms with Crippen LogP contribution in [0.15, 0.2) is 42.5 Å². The van der Waals surface area contributed by atoms with Crippen LogP contribution in [0.4, 0.5) is 5.69 Å². The van der Waals surface area contributed by atoms with Crippen molar-refractivity contribution in [2.45, 2.75) is 0 Å². The maximum Gasteiger partial charge on any atom is 0.259 e. The number of para-hydroxylation sites is 1. The predicted molar refractivity (Wildman–Crippen MR) is 82.5 cm³/mol. The number of hydrogen-bond acceptors (Lipinski definition) is 4. The average Bonchev–Trinajstić information content (AvgIpc) is 2.54. The third-order valence-corrected chi connectivity index (χ3v) is 3.07. The molecule has 0 radical (unpaired) electrons. The van der Waals surface area contributed by atoms with Crippen molar-refractivity contribution in [3.63, 3.8) is 0 Å². The molecule has 3 N–H and O–H groups in total. The van der Waals surface area contributed by atoms with E-state index in [1.165, 1.54) is 14.2 Å². The number of nitrogens with two attached hydrogens (primary N) is 1. The largest absolute Gasteiger partial charge is 0.493 e. The second-order valence-electron chi connectivity index (χ2n) is 4.44. The van der Waals surface area contributed by atoms with Gasteiger partial charge in [-0.25, -0.2) is 0 Å². The van der Waals surface area contributed by atoms with Crippen molar-refractivity contribution < 1.29 is 19.1 Å². The summed E-state index contributed by atoms with van der Waals surface area (Å²) in [4.78, 5) is 23.4. The van der Waals surface area contributed by atoms with Gasteiger partial charge in [-0.1, -0.05) is 6.07 Å². The lowest BCUT2D eigenvalue weighted by atomic mass is 10.1. The first-order chi connectivity index (χ1) is 10.6. The van der Waals surface area contributed by atoms with Crippen molar-refractivity contribution in [2.24, 2.45) is 5.73 Å². The van der Waals surface area contributed by atoms with Crippen LogP contribution in [-0.4, -0.2) is 26.0 Å². The Morgan fingerprint density at radius 1 is 1.00 bits per heavy atom. The van der Waals surface area contributed by atoms with Gasteiger partial charge in [-0.3, -0.25) is 9.59 Å². The zero-order valence-electron chi connectivity index (χ0n) is 12.3. The summed E-state index contributed by atoms with van der Waals surface area (Å²) in [7, 11) is 2.97. The quantitative estimate of drug-likeness (QED) is 0.884. The fourth-order valence-electron chi connectivity index (χ4n) is 1.98. The lowest BCUT2D eigenvalue weighted by Crippen LogP contribution is -2.14. The molecule has 2 amide bonds. The standard InChI is InChI=1S/C16H16N2O4/c1-21-13-5-3-4-12(14(13)22-2)16(20)18-11-8-6-10(7-9-11)15(17)19/h3-9H,1-2H3,(H2,17,19)(H,18,20). The van der Waals surface area contributed by atoms with Gasteiger partial charge in [-0.05, 0) is 36.4 Å². The zero-order chi connectivity index (χ0) is 16.1. The molecule has 0 fully saturated rings. The van der Waals surface area contributed by atoms with Gasteiger partial charge in [0.2, 0.25) is 5.91 Å². The lowest BCUT2D eigenvalue weighted by Gasteiger charge is -2.12. The fraction of sp³-hybridized carbons (Fsp3) is 0.125. The molecule has 0 saturated heterocycles. The van der Waals surface area contributed by atoms with E-state index in [1.807, 2.05) is 0 Å². The van der Waals surface area contributed by atoms with E-state index >= 15 is 0 Å². The first kappa shape index (κ1) is 15.4. The smallest absolute Gasteiger partial charge is 0.259 e. The molecule has 2 rings (SSSR count). The van der Waals surface area contributed by atoms with Gasteiger partial charge in [0.15, 0.2) is 11.5 Å². The number of primary amides is 1. The molecule has 0 heterocycles. The molecule has 6 heteroatoms. The van der Waals surface area contributed by atoms with Gasteiger partial charge in [-0.2, -0.15) is 0 Å². The highest BCUT2D eigenvalue weighted by molar-refractivity contribution is 6.07. The monoisotopic (exact) mass is 300 g/mol. The molecular weight excluding hydrogens is 284 g/mol. The van der Waals surface area contributed by atoms with E-state index in [2.05, 4.69) is 5.32 Å². The number of nitrogens with one attached hydrogen (secondary N) is 1. The van der Waals surface area contributed by atoms with Crippen molar-refractivity contribution >= 4 is 17.5 Å². The highest BCUT2D eigenvalue weighted by Gasteiger charge is 2.16. The second kappa shape index (κ2) is 6.62. The maximum absolute atomic E-state index is 12.3. The number of anilines is 1. The Bertz CT molecular complexity index is 696. The molecule has 0 unspecified atom stereocenters. The van der Waals surface area contributed by atoms with Crippen molar-refractivity contribution in [2.75, 3.05) is 19.5 Å². The molecule has 6 nitrogen and oxygen atoms in total. The van der Waals surface area contributed by atoms with Gasteiger partial charge >= 0.3 is 0 Å². The van der Waals surface area contributed by atoms with Crippen LogP contribution in [0.25, 0.3) is 0 Å². The number of ether oxygens (including phenoxy) is 2. The van der Waals surface area contributed by atoms with Gasteiger partial charge in [0, 0.05) is 11.3 Å². The molecular formula is C16H16N2O4. The van der Waals surface area contributed by atoms with Crippen LogP contribution < -0.4 is 20.5 Å². The van der Waals surface area contributed by atoms with Gasteiger partial charge < -0.3 is 20.5 Å². The highest BCUT2D eigenvalue weighted by atomic mass is 16.5. The van der Waals surface area contributed by atoms with Crippen LogP contribution in [0.3, 0.4) is 0 Å². The Balaban J connectivity index is 2.24. The van der Waals surface area contributed by atoms with Crippen LogP contribution in [0.5, 0.6) is 11.5 Å². The predicted octanol–water partition coefficient (Wildman–Crippen LogP) is 2.05. The van der Waals surface area contributed by atoms with E-state index in [0.717, 1.165) is 0 Å². The van der Waals surface area contributed by atoms with Gasteiger partial charge in [0.1, 0.15) is 0 Å². The number of rotatable bonds is 5. The van der Waals surface area contributed by atoms with Crippen LogP contribution in [0.2, 0.25) is 0 Å². The number of benzene rings is 2. The molecule has 0 bridgehead atoms. The summed E-state index contributed by atoms with van der Waals surface area (Å²) in [5.74, 6) is -0.0367. The first-order valence-electron chi connectivity index (χ1n) is 6.49. The van der Waals surface area contributed by atoms with Crippen LogP contribution in [-0.2, 0) is 0 Å². The maximum atomic E-state index is 12.3. The summed E-state index contributed by atoms with van der Waals surface area (Å²) in [6.45, 7) is 0. The molecule has 22 heavy (non-hydrogen) atoms. The third kappa shape index (κ3) is 3.17. The third-order valence-electron chi connectivity index (χ3n) is 3.07. The Morgan fingerprint density at radius 2 is 1.68 bits per heavy atom. The number of amides is 2. The SMILES string of the molecule is COc1cccc(C(=O)Nc2ccc(C(N)=O)cc2)c1OC. The summed E-state index contributed by atoms with van der Waals surface area (Å²) < 4.78 is 10.4. The summed E-state index contributed by atoms with van der Waals surface area (Å²) in [5.41, 5.74) is 6.43. The molecule has 0 aliphatic heterocycles. The number of methoxy groups -OCH3 is 2. The molecule has 0 aliphatic rings. The fourth-order valence-corrected chi connectivity index (χ4v) is 1.98. The molecule has 0 aliphatic carbocycles. The summed E-state index contributed by atoms with van der Waals surface area (Å²) >= 11 is 0. The van der Waals surface area contributed by atoms with Gasteiger partial charge in [-0.15, -0.1) is 0 Å².